The van der Waals surface area contributed by atoms with E-state index in [4.69, 9.17) is 4.74 Å². The van der Waals surface area contributed by atoms with Crippen LogP contribution in [-0.2, 0) is 4.74 Å². The number of carbonyl (C=O) groups excluding carboxylic acids is 1. The summed E-state index contributed by atoms with van der Waals surface area (Å²) in [5.41, 5.74) is 0.190. The van der Waals surface area contributed by atoms with Crippen molar-refractivity contribution in [1.29, 1.82) is 0 Å². The average Bonchev–Trinajstić information content (AvgIpc) is 2.49. The molecule has 116 valence electrons. The molecule has 0 aromatic heterocycles. The molecule has 1 aromatic rings. The summed E-state index contributed by atoms with van der Waals surface area (Å²) < 4.78 is 19.8. The van der Waals surface area contributed by atoms with Gasteiger partial charge in [0, 0.05) is 17.1 Å². The van der Waals surface area contributed by atoms with Gasteiger partial charge in [-0.25, -0.2) is 4.39 Å². The molecule has 1 unspecified atom stereocenters. The second kappa shape index (κ2) is 6.88. The molecule has 1 N–H and O–H groups in total. The van der Waals surface area contributed by atoms with Crippen molar-refractivity contribution in [1.82, 2.24) is 5.32 Å². The maximum absolute atomic E-state index is 13.3. The van der Waals surface area contributed by atoms with E-state index in [0.29, 0.717) is 16.6 Å². The lowest BCUT2D eigenvalue weighted by Gasteiger charge is -2.40. The van der Waals surface area contributed by atoms with Crippen molar-refractivity contribution < 1.29 is 13.9 Å². The number of amides is 1. The Bertz CT molecular complexity index is 517. The van der Waals surface area contributed by atoms with Crippen LogP contribution in [0.2, 0.25) is 0 Å². The lowest BCUT2D eigenvalue weighted by molar-refractivity contribution is -0.0917. The molecule has 0 spiro atoms. The summed E-state index contributed by atoms with van der Waals surface area (Å²) >= 11 is 3.29. The molecule has 1 aliphatic heterocycles. The highest BCUT2D eigenvalue weighted by molar-refractivity contribution is 9.10. The SMILES string of the molecule is CCC1(CC)CC(NC(=O)c2cc(F)ccc2Br)CCO1. The molecule has 5 heteroatoms. The van der Waals surface area contributed by atoms with E-state index in [0.717, 1.165) is 25.7 Å². The van der Waals surface area contributed by atoms with Gasteiger partial charge in [0.1, 0.15) is 5.82 Å². The minimum Gasteiger partial charge on any atom is -0.375 e. The van der Waals surface area contributed by atoms with Gasteiger partial charge in [-0.3, -0.25) is 4.79 Å². The molecular formula is C16H21BrFNO2. The Morgan fingerprint density at radius 1 is 1.48 bits per heavy atom. The zero-order valence-electron chi connectivity index (χ0n) is 12.4. The van der Waals surface area contributed by atoms with Gasteiger partial charge in [-0.1, -0.05) is 13.8 Å². The fourth-order valence-corrected chi connectivity index (χ4v) is 3.26. The van der Waals surface area contributed by atoms with Gasteiger partial charge >= 0.3 is 0 Å². The molecule has 1 fully saturated rings. The molecule has 1 heterocycles. The monoisotopic (exact) mass is 357 g/mol. The first-order chi connectivity index (χ1) is 9.99. The van der Waals surface area contributed by atoms with Crippen LogP contribution in [0.1, 0.15) is 49.9 Å². The number of benzene rings is 1. The Morgan fingerprint density at radius 2 is 2.19 bits per heavy atom. The highest BCUT2D eigenvalue weighted by Gasteiger charge is 2.35. The minimum absolute atomic E-state index is 0.0707. The number of nitrogens with one attached hydrogen (secondary N) is 1. The number of ether oxygens (including phenoxy) is 1. The standard InChI is InChI=1S/C16H21BrFNO2/c1-3-16(4-2)10-12(7-8-21-16)19-15(20)13-9-11(18)5-6-14(13)17/h5-6,9,12H,3-4,7-8,10H2,1-2H3,(H,19,20). The van der Waals surface area contributed by atoms with Crippen LogP contribution in [0.5, 0.6) is 0 Å². The molecule has 21 heavy (non-hydrogen) atoms. The van der Waals surface area contributed by atoms with Gasteiger partial charge in [0.15, 0.2) is 0 Å². The van der Waals surface area contributed by atoms with Gasteiger partial charge in [-0.05, 0) is 59.8 Å². The van der Waals surface area contributed by atoms with Crippen molar-refractivity contribution in [3.05, 3.63) is 34.1 Å². The first kappa shape index (κ1) is 16.4. The Hall–Kier alpha value is -0.940. The summed E-state index contributed by atoms with van der Waals surface area (Å²) in [6, 6.07) is 4.21. The largest absolute Gasteiger partial charge is 0.375 e. The van der Waals surface area contributed by atoms with E-state index in [2.05, 4.69) is 35.1 Å². The summed E-state index contributed by atoms with van der Waals surface area (Å²) in [7, 11) is 0. The van der Waals surface area contributed by atoms with E-state index >= 15 is 0 Å². The average molecular weight is 358 g/mol. The van der Waals surface area contributed by atoms with E-state index in [1.807, 2.05) is 0 Å². The highest BCUT2D eigenvalue weighted by Crippen LogP contribution is 2.31. The highest BCUT2D eigenvalue weighted by atomic mass is 79.9. The van der Waals surface area contributed by atoms with Gasteiger partial charge in [0.25, 0.3) is 5.91 Å². The quantitative estimate of drug-likeness (QED) is 0.882. The second-order valence-electron chi connectivity index (χ2n) is 5.53. The van der Waals surface area contributed by atoms with Crippen molar-refractivity contribution >= 4 is 21.8 Å². The normalized spacial score (nSPS) is 21.0. The maximum Gasteiger partial charge on any atom is 0.252 e. The smallest absolute Gasteiger partial charge is 0.252 e. The molecule has 1 atom stereocenters. The van der Waals surface area contributed by atoms with Gasteiger partial charge < -0.3 is 10.1 Å². The molecule has 3 nitrogen and oxygen atoms in total. The molecule has 0 bridgehead atoms. The summed E-state index contributed by atoms with van der Waals surface area (Å²) in [5.74, 6) is -0.652. The molecule has 2 rings (SSSR count). The van der Waals surface area contributed by atoms with E-state index in [9.17, 15) is 9.18 Å². The van der Waals surface area contributed by atoms with Crippen LogP contribution in [0, 0.1) is 5.82 Å². The molecule has 1 amide bonds. The van der Waals surface area contributed by atoms with Gasteiger partial charge in [0.05, 0.1) is 11.2 Å². The third-order valence-electron chi connectivity index (χ3n) is 4.29. The summed E-state index contributed by atoms with van der Waals surface area (Å²) in [6.07, 6.45) is 3.46. The Kier molecular flexibility index (Phi) is 5.38. The van der Waals surface area contributed by atoms with Gasteiger partial charge in [-0.15, -0.1) is 0 Å². The number of halogens is 2. The van der Waals surface area contributed by atoms with Crippen LogP contribution >= 0.6 is 15.9 Å². The summed E-state index contributed by atoms with van der Waals surface area (Å²) in [4.78, 5) is 12.3. The number of rotatable bonds is 4. The van der Waals surface area contributed by atoms with Crippen LogP contribution in [0.25, 0.3) is 0 Å². The minimum atomic E-state index is -0.410. The summed E-state index contributed by atoms with van der Waals surface area (Å²) in [5, 5.41) is 3.01. The number of hydrogen-bond acceptors (Lipinski definition) is 2. The predicted octanol–water partition coefficient (Wildman–Crippen LogP) is 4.06. The van der Waals surface area contributed by atoms with Gasteiger partial charge in [0.2, 0.25) is 0 Å². The maximum atomic E-state index is 13.3. The molecule has 1 aliphatic rings. The van der Waals surface area contributed by atoms with Crippen molar-refractivity contribution in [2.24, 2.45) is 0 Å². The molecule has 1 saturated heterocycles. The lowest BCUT2D eigenvalue weighted by atomic mass is 9.86. The van der Waals surface area contributed by atoms with Crippen LogP contribution < -0.4 is 5.32 Å². The van der Waals surface area contributed by atoms with Crippen LogP contribution in [0.4, 0.5) is 4.39 Å². The Morgan fingerprint density at radius 3 is 2.86 bits per heavy atom. The molecule has 0 radical (unpaired) electrons. The lowest BCUT2D eigenvalue weighted by Crippen LogP contribution is -2.48. The van der Waals surface area contributed by atoms with E-state index in [1.54, 1.807) is 6.07 Å². The van der Waals surface area contributed by atoms with Crippen molar-refractivity contribution in [2.75, 3.05) is 6.61 Å². The third-order valence-corrected chi connectivity index (χ3v) is 4.98. The van der Waals surface area contributed by atoms with Crippen LogP contribution in [0.3, 0.4) is 0 Å². The zero-order valence-corrected chi connectivity index (χ0v) is 14.0. The van der Waals surface area contributed by atoms with E-state index < -0.39 is 5.82 Å². The Balaban J connectivity index is 2.07. The summed E-state index contributed by atoms with van der Waals surface area (Å²) in [6.45, 7) is 4.87. The third kappa shape index (κ3) is 3.83. The van der Waals surface area contributed by atoms with Crippen molar-refractivity contribution in [3.63, 3.8) is 0 Å². The van der Waals surface area contributed by atoms with E-state index in [-0.39, 0.29) is 17.6 Å². The number of hydrogen-bond donors (Lipinski definition) is 1. The molecule has 0 aliphatic carbocycles. The topological polar surface area (TPSA) is 38.3 Å². The second-order valence-corrected chi connectivity index (χ2v) is 6.38. The van der Waals surface area contributed by atoms with Crippen LogP contribution in [0.15, 0.2) is 22.7 Å². The molecule has 0 saturated carbocycles. The van der Waals surface area contributed by atoms with E-state index in [1.165, 1.54) is 12.1 Å². The van der Waals surface area contributed by atoms with Crippen LogP contribution in [-0.4, -0.2) is 24.2 Å². The Labute approximate surface area is 133 Å². The fourth-order valence-electron chi connectivity index (χ4n) is 2.83. The van der Waals surface area contributed by atoms with Crippen molar-refractivity contribution in [2.45, 2.75) is 51.2 Å². The fraction of sp³-hybridized carbons (Fsp3) is 0.562. The first-order valence-electron chi connectivity index (χ1n) is 7.39. The van der Waals surface area contributed by atoms with Crippen molar-refractivity contribution in [3.8, 4) is 0 Å². The first-order valence-corrected chi connectivity index (χ1v) is 8.19. The number of carbonyl (C=O) groups is 1. The molecular weight excluding hydrogens is 337 g/mol. The zero-order chi connectivity index (χ0) is 15.5. The molecule has 1 aromatic carbocycles. The predicted molar refractivity (Wildman–Crippen MR) is 83.9 cm³/mol. The van der Waals surface area contributed by atoms with Gasteiger partial charge in [-0.2, -0.15) is 0 Å².